The van der Waals surface area contributed by atoms with E-state index >= 15 is 0 Å². The SMILES string of the molecule is CC/C(=N\OCC#N)c1cc(Cl)ccc1C(F)(F)F.N=S(=O)=O. The van der Waals surface area contributed by atoms with Crippen molar-refractivity contribution in [2.45, 2.75) is 19.5 Å². The van der Waals surface area contributed by atoms with Gasteiger partial charge in [0.25, 0.3) is 0 Å². The smallest absolute Gasteiger partial charge is 0.380 e. The van der Waals surface area contributed by atoms with Gasteiger partial charge in [-0.3, -0.25) is 0 Å². The Kier molecular flexibility index (Phi) is 8.90. The summed E-state index contributed by atoms with van der Waals surface area (Å²) >= 11 is 5.71. The molecule has 126 valence electrons. The van der Waals surface area contributed by atoms with E-state index in [4.69, 9.17) is 30.1 Å². The molecule has 0 unspecified atom stereocenters. The molecule has 11 heteroatoms. The lowest BCUT2D eigenvalue weighted by atomic mass is 10.0. The van der Waals surface area contributed by atoms with E-state index in [-0.39, 0.29) is 29.3 Å². The Morgan fingerprint density at radius 2 is 2.04 bits per heavy atom. The lowest BCUT2D eigenvalue weighted by Gasteiger charge is -2.13. The second kappa shape index (κ2) is 9.81. The Labute approximate surface area is 136 Å². The fraction of sp³-hybridized carbons (Fsp3) is 0.333. The molecule has 0 aliphatic carbocycles. The second-order valence-corrected chi connectivity index (χ2v) is 4.65. The van der Waals surface area contributed by atoms with Crippen molar-refractivity contribution in [3.05, 3.63) is 34.3 Å². The van der Waals surface area contributed by atoms with Crippen molar-refractivity contribution in [1.82, 2.24) is 0 Å². The van der Waals surface area contributed by atoms with Gasteiger partial charge >= 0.3 is 16.7 Å². The molecule has 0 heterocycles. The normalized spacial score (nSPS) is 11.0. The molecule has 0 aliphatic heterocycles. The molecule has 23 heavy (non-hydrogen) atoms. The van der Waals surface area contributed by atoms with Crippen LogP contribution < -0.4 is 0 Å². The number of hydrogen-bond donors (Lipinski definition) is 1. The van der Waals surface area contributed by atoms with Gasteiger partial charge in [-0.1, -0.05) is 23.7 Å². The lowest BCUT2D eigenvalue weighted by molar-refractivity contribution is -0.137. The number of nitriles is 1. The highest BCUT2D eigenvalue weighted by atomic mass is 35.5. The molecule has 0 amide bonds. The minimum atomic E-state index is -4.51. The predicted molar refractivity (Wildman–Crippen MR) is 76.5 cm³/mol. The second-order valence-electron chi connectivity index (χ2n) is 3.75. The van der Waals surface area contributed by atoms with Gasteiger partial charge in [-0.25, -0.2) is 0 Å². The number of nitrogens with zero attached hydrogens (tertiary/aromatic N) is 2. The molecule has 0 radical (unpaired) electrons. The van der Waals surface area contributed by atoms with Crippen LogP contribution in [0.15, 0.2) is 23.4 Å². The van der Waals surface area contributed by atoms with Crippen LogP contribution in [-0.2, 0) is 21.5 Å². The Balaban J connectivity index is 0.00000108. The first-order valence-electron chi connectivity index (χ1n) is 5.86. The summed E-state index contributed by atoms with van der Waals surface area (Å²) in [5, 5.41) is 12.0. The molecule has 1 rings (SSSR count). The maximum atomic E-state index is 12.9. The molecule has 0 saturated carbocycles. The summed E-state index contributed by atoms with van der Waals surface area (Å²) in [4.78, 5) is 4.61. The number of rotatable bonds is 4. The molecule has 0 aromatic heterocycles. The van der Waals surface area contributed by atoms with Crippen molar-refractivity contribution in [3.63, 3.8) is 0 Å². The van der Waals surface area contributed by atoms with Crippen molar-refractivity contribution >= 4 is 27.8 Å². The summed E-state index contributed by atoms with van der Waals surface area (Å²) in [5.74, 6) is 0. The molecular formula is C12H11ClF3N3O3S. The predicted octanol–water partition coefficient (Wildman–Crippen LogP) is 3.64. The van der Waals surface area contributed by atoms with Gasteiger partial charge in [0.2, 0.25) is 6.61 Å². The molecule has 1 aromatic carbocycles. The van der Waals surface area contributed by atoms with Crippen LogP contribution in [0.5, 0.6) is 0 Å². The number of alkyl halides is 3. The number of hydrogen-bond acceptors (Lipinski definition) is 6. The van der Waals surface area contributed by atoms with Crippen LogP contribution in [0.1, 0.15) is 24.5 Å². The van der Waals surface area contributed by atoms with E-state index in [2.05, 4.69) is 9.99 Å². The number of benzene rings is 1. The maximum Gasteiger partial charge on any atom is 0.417 e. The van der Waals surface area contributed by atoms with Crippen LogP contribution in [0.3, 0.4) is 0 Å². The van der Waals surface area contributed by atoms with Gasteiger partial charge in [-0.15, -0.1) is 0 Å². The highest BCUT2D eigenvalue weighted by molar-refractivity contribution is 7.60. The minimum Gasteiger partial charge on any atom is -0.380 e. The van der Waals surface area contributed by atoms with Gasteiger partial charge in [-0.05, 0) is 24.6 Å². The van der Waals surface area contributed by atoms with Crippen molar-refractivity contribution < 1.29 is 26.4 Å². The van der Waals surface area contributed by atoms with Gasteiger partial charge in [0.15, 0.2) is 0 Å². The standard InChI is InChI=1S/C12H10ClF3N2O.HNO2S/c1-2-11(18-19-6-5-17)9-7-8(13)3-4-10(9)12(14,15)16;1-4(2)3/h3-4,7H,2,6H2,1H3;1H/b18-11+;. The Morgan fingerprint density at radius 3 is 2.48 bits per heavy atom. The summed E-state index contributed by atoms with van der Waals surface area (Å²) in [5.41, 5.74) is -0.886. The van der Waals surface area contributed by atoms with Crippen LogP contribution in [0.25, 0.3) is 0 Å². The molecule has 0 bridgehead atoms. The highest BCUT2D eigenvalue weighted by Crippen LogP contribution is 2.34. The average molecular weight is 370 g/mol. The molecule has 0 aliphatic rings. The molecule has 0 atom stereocenters. The third-order valence-electron chi connectivity index (χ3n) is 2.24. The largest absolute Gasteiger partial charge is 0.417 e. The minimum absolute atomic E-state index is 0.0880. The monoisotopic (exact) mass is 369 g/mol. The fourth-order valence-corrected chi connectivity index (χ4v) is 1.62. The van der Waals surface area contributed by atoms with Crippen molar-refractivity contribution in [1.29, 1.82) is 10.0 Å². The Morgan fingerprint density at radius 1 is 1.48 bits per heavy atom. The Hall–Kier alpha value is -2.12. The van der Waals surface area contributed by atoms with E-state index in [1.165, 1.54) is 6.07 Å². The van der Waals surface area contributed by atoms with Gasteiger partial charge < -0.3 is 4.84 Å². The fourth-order valence-electron chi connectivity index (χ4n) is 1.45. The Bertz CT molecular complexity index is 706. The van der Waals surface area contributed by atoms with E-state index < -0.39 is 22.2 Å². The van der Waals surface area contributed by atoms with Crippen LogP contribution in [0.2, 0.25) is 5.02 Å². The van der Waals surface area contributed by atoms with E-state index in [9.17, 15) is 13.2 Å². The lowest BCUT2D eigenvalue weighted by Crippen LogP contribution is -2.13. The van der Waals surface area contributed by atoms with Gasteiger partial charge in [0.05, 0.1) is 11.3 Å². The van der Waals surface area contributed by atoms with Crippen molar-refractivity contribution in [2.24, 2.45) is 5.16 Å². The van der Waals surface area contributed by atoms with Crippen molar-refractivity contribution in [3.8, 4) is 6.07 Å². The van der Waals surface area contributed by atoms with E-state index in [1.807, 2.05) is 0 Å². The number of halogens is 4. The number of nitrogens with one attached hydrogen (secondary N) is 1. The molecule has 6 nitrogen and oxygen atoms in total. The summed E-state index contributed by atoms with van der Waals surface area (Å²) in [6.45, 7) is 1.31. The first kappa shape index (κ1) is 20.9. The zero-order chi connectivity index (χ0) is 18.0. The van der Waals surface area contributed by atoms with Gasteiger partial charge in [0.1, 0.15) is 6.07 Å². The van der Waals surface area contributed by atoms with E-state index in [1.54, 1.807) is 13.0 Å². The molecule has 0 fully saturated rings. The van der Waals surface area contributed by atoms with Crippen molar-refractivity contribution in [2.75, 3.05) is 6.61 Å². The average Bonchev–Trinajstić information content (AvgIpc) is 2.41. The topological polar surface area (TPSA) is 103 Å². The molecule has 1 aromatic rings. The quantitative estimate of drug-likeness (QED) is 0.497. The van der Waals surface area contributed by atoms with E-state index in [0.29, 0.717) is 0 Å². The van der Waals surface area contributed by atoms with Gasteiger partial charge in [0, 0.05) is 10.6 Å². The third kappa shape index (κ3) is 8.18. The highest BCUT2D eigenvalue weighted by Gasteiger charge is 2.34. The third-order valence-corrected chi connectivity index (χ3v) is 2.47. The van der Waals surface area contributed by atoms with E-state index in [0.717, 1.165) is 12.1 Å². The zero-order valence-electron chi connectivity index (χ0n) is 11.7. The van der Waals surface area contributed by atoms with Gasteiger partial charge in [-0.2, -0.15) is 31.6 Å². The summed E-state index contributed by atoms with van der Waals surface area (Å²) < 4.78 is 61.5. The first-order valence-corrected chi connectivity index (χ1v) is 7.32. The zero-order valence-corrected chi connectivity index (χ0v) is 13.3. The number of oxime groups is 1. The summed E-state index contributed by atoms with van der Waals surface area (Å²) in [7, 11) is -2.61. The van der Waals surface area contributed by atoms with Crippen LogP contribution in [0.4, 0.5) is 13.2 Å². The summed E-state index contributed by atoms with van der Waals surface area (Å²) in [6.07, 6.45) is -4.29. The van der Waals surface area contributed by atoms with Crippen LogP contribution in [0, 0.1) is 16.1 Å². The first-order chi connectivity index (χ1) is 10.6. The molecule has 0 saturated heterocycles. The van der Waals surface area contributed by atoms with Crippen LogP contribution >= 0.6 is 11.6 Å². The molecular weight excluding hydrogens is 359 g/mol. The maximum absolute atomic E-state index is 12.9. The summed E-state index contributed by atoms with van der Waals surface area (Å²) in [6, 6.07) is 4.92. The van der Waals surface area contributed by atoms with Crippen LogP contribution in [-0.4, -0.2) is 20.7 Å². The molecule has 1 N–H and O–H groups in total. The molecule has 0 spiro atoms.